The van der Waals surface area contributed by atoms with Gasteiger partial charge in [0.1, 0.15) is 11.5 Å². The molecular formula is C23H23F3N2O4. The maximum atomic E-state index is 12.8. The number of hydrogen-bond donors (Lipinski definition) is 1. The quantitative estimate of drug-likeness (QED) is 0.523. The molecule has 2 aromatic carbocycles. The first-order valence-electron chi connectivity index (χ1n) is 9.76. The molecule has 6 nitrogen and oxygen atoms in total. The van der Waals surface area contributed by atoms with E-state index in [1.807, 2.05) is 37.9 Å². The fourth-order valence-corrected chi connectivity index (χ4v) is 3.32. The Bertz CT molecular complexity index is 1100. The van der Waals surface area contributed by atoms with Crippen molar-refractivity contribution in [1.29, 1.82) is 0 Å². The van der Waals surface area contributed by atoms with E-state index >= 15 is 0 Å². The number of alkyl halides is 3. The van der Waals surface area contributed by atoms with Gasteiger partial charge in [-0.2, -0.15) is 13.2 Å². The van der Waals surface area contributed by atoms with Crippen molar-refractivity contribution >= 4 is 11.7 Å². The minimum atomic E-state index is -4.40. The number of benzene rings is 2. The van der Waals surface area contributed by atoms with Crippen LogP contribution in [0.3, 0.4) is 0 Å². The molecule has 0 atom stereocenters. The van der Waals surface area contributed by atoms with E-state index in [9.17, 15) is 18.0 Å². The predicted octanol–water partition coefficient (Wildman–Crippen LogP) is 5.39. The average Bonchev–Trinajstić information content (AvgIpc) is 3.06. The van der Waals surface area contributed by atoms with Gasteiger partial charge < -0.3 is 19.2 Å². The molecule has 0 unspecified atom stereocenters. The molecular weight excluding hydrogens is 425 g/mol. The van der Waals surface area contributed by atoms with E-state index in [0.717, 1.165) is 28.9 Å². The van der Waals surface area contributed by atoms with E-state index in [-0.39, 0.29) is 5.89 Å². The highest BCUT2D eigenvalue weighted by molar-refractivity contribution is 5.69. The van der Waals surface area contributed by atoms with Crippen molar-refractivity contribution in [2.75, 3.05) is 18.6 Å². The lowest BCUT2D eigenvalue weighted by atomic mass is 10.1. The SMILES string of the molecule is Cc1cc(N(C)Cc2oc(-c3ccc(C(F)(F)F)cc3)nc2C)cc(C)c1OCC(=O)O. The van der Waals surface area contributed by atoms with Crippen molar-refractivity contribution in [2.45, 2.75) is 33.5 Å². The van der Waals surface area contributed by atoms with Crippen molar-refractivity contribution in [1.82, 2.24) is 4.98 Å². The van der Waals surface area contributed by atoms with Crippen molar-refractivity contribution in [3.8, 4) is 17.2 Å². The molecule has 0 fully saturated rings. The summed E-state index contributed by atoms with van der Waals surface area (Å²) in [6, 6.07) is 8.44. The zero-order valence-corrected chi connectivity index (χ0v) is 18.1. The van der Waals surface area contributed by atoms with Crippen LogP contribution in [0.25, 0.3) is 11.5 Å². The van der Waals surface area contributed by atoms with E-state index in [2.05, 4.69) is 4.98 Å². The summed E-state index contributed by atoms with van der Waals surface area (Å²) in [6.07, 6.45) is -4.40. The zero-order chi connectivity index (χ0) is 23.6. The first-order chi connectivity index (χ1) is 15.0. The van der Waals surface area contributed by atoms with Crippen LogP contribution in [0.15, 0.2) is 40.8 Å². The Morgan fingerprint density at radius 1 is 1.12 bits per heavy atom. The van der Waals surface area contributed by atoms with Crippen molar-refractivity contribution < 1.29 is 32.2 Å². The minimum Gasteiger partial charge on any atom is -0.481 e. The Hall–Kier alpha value is -3.49. The molecule has 32 heavy (non-hydrogen) atoms. The van der Waals surface area contributed by atoms with E-state index in [4.69, 9.17) is 14.3 Å². The van der Waals surface area contributed by atoms with Gasteiger partial charge in [-0.15, -0.1) is 0 Å². The normalized spacial score (nSPS) is 11.5. The summed E-state index contributed by atoms with van der Waals surface area (Å²) < 4.78 is 49.5. The van der Waals surface area contributed by atoms with E-state index in [1.165, 1.54) is 12.1 Å². The Morgan fingerprint density at radius 2 is 1.72 bits per heavy atom. The zero-order valence-electron chi connectivity index (χ0n) is 18.1. The highest BCUT2D eigenvalue weighted by Gasteiger charge is 2.30. The number of oxazole rings is 1. The Kier molecular flexibility index (Phi) is 6.47. The van der Waals surface area contributed by atoms with E-state index in [0.29, 0.717) is 29.3 Å². The molecule has 1 aromatic heterocycles. The summed E-state index contributed by atoms with van der Waals surface area (Å²) in [7, 11) is 1.87. The summed E-state index contributed by atoms with van der Waals surface area (Å²) in [4.78, 5) is 17.1. The van der Waals surface area contributed by atoms with Crippen molar-refractivity contribution in [3.05, 3.63) is 64.5 Å². The van der Waals surface area contributed by atoms with Gasteiger partial charge in [0.25, 0.3) is 0 Å². The van der Waals surface area contributed by atoms with Crippen LogP contribution in [0, 0.1) is 20.8 Å². The van der Waals surface area contributed by atoms with Gasteiger partial charge in [-0.25, -0.2) is 9.78 Å². The summed E-state index contributed by atoms with van der Waals surface area (Å²) in [5.41, 5.74) is 2.84. The van der Waals surface area contributed by atoms with Crippen LogP contribution in [0.5, 0.6) is 5.75 Å². The molecule has 0 saturated heterocycles. The molecule has 170 valence electrons. The fourth-order valence-electron chi connectivity index (χ4n) is 3.32. The van der Waals surface area contributed by atoms with E-state index < -0.39 is 24.3 Å². The number of carboxylic acid groups (broad SMARTS) is 1. The van der Waals surface area contributed by atoms with Crippen LogP contribution in [-0.4, -0.2) is 29.7 Å². The number of anilines is 1. The number of aliphatic carboxylic acids is 1. The highest BCUT2D eigenvalue weighted by atomic mass is 19.4. The first-order valence-corrected chi connectivity index (χ1v) is 9.76. The molecule has 9 heteroatoms. The van der Waals surface area contributed by atoms with E-state index in [1.54, 1.807) is 6.92 Å². The lowest BCUT2D eigenvalue weighted by Gasteiger charge is -2.21. The van der Waals surface area contributed by atoms with Gasteiger partial charge in [0.2, 0.25) is 5.89 Å². The Morgan fingerprint density at radius 3 is 2.25 bits per heavy atom. The van der Waals surface area contributed by atoms with Gasteiger partial charge in [-0.1, -0.05) is 0 Å². The highest BCUT2D eigenvalue weighted by Crippen LogP contribution is 2.32. The second-order valence-electron chi connectivity index (χ2n) is 7.55. The number of ether oxygens (including phenoxy) is 1. The van der Waals surface area contributed by atoms with Crippen LogP contribution in [0.4, 0.5) is 18.9 Å². The molecule has 0 saturated carbocycles. The number of rotatable bonds is 7. The topological polar surface area (TPSA) is 75.8 Å². The maximum Gasteiger partial charge on any atom is 0.416 e. The standard InChI is InChI=1S/C23H23F3N2O4/c1-13-9-18(10-14(2)21(13)31-12-20(29)30)28(4)11-19-15(3)27-22(32-19)16-5-7-17(8-6-16)23(24,25)26/h5-10H,11-12H2,1-4H3,(H,29,30). The van der Waals surface area contributed by atoms with Crippen LogP contribution in [-0.2, 0) is 17.5 Å². The number of aryl methyl sites for hydroxylation is 3. The second-order valence-corrected chi connectivity index (χ2v) is 7.55. The van der Waals surface area contributed by atoms with Gasteiger partial charge in [0.05, 0.1) is 17.8 Å². The second kappa shape index (κ2) is 8.94. The molecule has 0 aliphatic rings. The van der Waals surface area contributed by atoms with Crippen LogP contribution in [0.2, 0.25) is 0 Å². The maximum absolute atomic E-state index is 12.8. The molecule has 0 amide bonds. The molecule has 0 radical (unpaired) electrons. The summed E-state index contributed by atoms with van der Waals surface area (Å²) in [5.74, 6) is 0.327. The molecule has 3 rings (SSSR count). The van der Waals surface area contributed by atoms with Crippen LogP contribution >= 0.6 is 0 Å². The minimum absolute atomic E-state index is 0.254. The number of carbonyl (C=O) groups is 1. The van der Waals surface area contributed by atoms with Gasteiger partial charge in [0.15, 0.2) is 6.61 Å². The summed E-state index contributed by atoms with van der Waals surface area (Å²) >= 11 is 0. The Balaban J connectivity index is 1.78. The van der Waals surface area contributed by atoms with Crippen molar-refractivity contribution in [2.24, 2.45) is 0 Å². The molecule has 3 aromatic rings. The predicted molar refractivity (Wildman–Crippen MR) is 113 cm³/mol. The van der Waals surface area contributed by atoms with Crippen molar-refractivity contribution in [3.63, 3.8) is 0 Å². The van der Waals surface area contributed by atoms with Gasteiger partial charge >= 0.3 is 12.1 Å². The molecule has 0 aliphatic carbocycles. The molecule has 0 spiro atoms. The number of nitrogens with zero attached hydrogens (tertiary/aromatic N) is 2. The molecule has 0 bridgehead atoms. The van der Waals surface area contributed by atoms with Crippen LogP contribution < -0.4 is 9.64 Å². The third-order valence-electron chi connectivity index (χ3n) is 4.96. The van der Waals surface area contributed by atoms with Gasteiger partial charge in [-0.05, 0) is 68.3 Å². The largest absolute Gasteiger partial charge is 0.481 e. The summed E-state index contributed by atoms with van der Waals surface area (Å²) in [6.45, 7) is 5.42. The number of carboxylic acids is 1. The van der Waals surface area contributed by atoms with Crippen LogP contribution in [0.1, 0.15) is 28.1 Å². The summed E-state index contributed by atoms with van der Waals surface area (Å²) in [5, 5.41) is 8.82. The number of halogens is 3. The lowest BCUT2D eigenvalue weighted by molar-refractivity contribution is -0.139. The van der Waals surface area contributed by atoms with Gasteiger partial charge in [-0.3, -0.25) is 0 Å². The average molecular weight is 448 g/mol. The third-order valence-corrected chi connectivity index (χ3v) is 4.96. The number of aromatic nitrogens is 1. The van der Waals surface area contributed by atoms with Gasteiger partial charge in [0, 0.05) is 18.3 Å². The first kappa shape index (κ1) is 23.2. The number of hydrogen-bond acceptors (Lipinski definition) is 5. The molecule has 0 aliphatic heterocycles. The smallest absolute Gasteiger partial charge is 0.416 e. The third kappa shape index (κ3) is 5.22. The fraction of sp³-hybridized carbons (Fsp3) is 0.304. The molecule has 1 heterocycles. The Labute approximate surface area is 183 Å². The monoisotopic (exact) mass is 448 g/mol. The lowest BCUT2D eigenvalue weighted by Crippen LogP contribution is -2.17. The molecule has 1 N–H and O–H groups in total.